The smallest absolute Gasteiger partial charge is 0.264 e. The fourth-order valence-electron chi connectivity index (χ4n) is 4.50. The van der Waals surface area contributed by atoms with Crippen LogP contribution in [-0.4, -0.2) is 43.8 Å². The van der Waals surface area contributed by atoms with Gasteiger partial charge in [0, 0.05) is 28.2 Å². The van der Waals surface area contributed by atoms with E-state index in [2.05, 4.69) is 5.32 Å². The minimum atomic E-state index is -4.15. The zero-order chi connectivity index (χ0) is 30.2. The van der Waals surface area contributed by atoms with Gasteiger partial charge in [0.1, 0.15) is 12.6 Å². The Morgan fingerprint density at radius 2 is 1.46 bits per heavy atom. The summed E-state index contributed by atoms with van der Waals surface area (Å²) in [5, 5.41) is 3.65. The number of hydrogen-bond donors (Lipinski definition) is 1. The Morgan fingerprint density at radius 1 is 0.854 bits per heavy atom. The molecule has 0 unspecified atom stereocenters. The van der Waals surface area contributed by atoms with Crippen molar-refractivity contribution in [1.29, 1.82) is 0 Å². The van der Waals surface area contributed by atoms with E-state index in [0.717, 1.165) is 9.87 Å². The molecule has 2 atom stereocenters. The van der Waals surface area contributed by atoms with Gasteiger partial charge in [-0.15, -0.1) is 0 Å². The van der Waals surface area contributed by atoms with Gasteiger partial charge < -0.3 is 10.2 Å². The molecule has 0 spiro atoms. The number of nitrogens with zero attached hydrogens (tertiary/aromatic N) is 2. The predicted octanol–water partition coefficient (Wildman–Crippen LogP) is 6.47. The normalized spacial score (nSPS) is 12.8. The summed E-state index contributed by atoms with van der Waals surface area (Å²) in [6, 6.07) is 19.1. The number of hydrogen-bond acceptors (Lipinski definition) is 4. The number of aryl methyl sites for hydroxylation is 1. The van der Waals surface area contributed by atoms with Crippen LogP contribution in [0, 0.1) is 0 Å². The molecule has 0 fully saturated rings. The van der Waals surface area contributed by atoms with E-state index in [9.17, 15) is 18.0 Å². The largest absolute Gasteiger partial charge is 0.352 e. The molecule has 0 aliphatic carbocycles. The highest BCUT2D eigenvalue weighted by Gasteiger charge is 2.35. The van der Waals surface area contributed by atoms with Crippen molar-refractivity contribution in [2.45, 2.75) is 70.5 Å². The van der Waals surface area contributed by atoms with Crippen molar-refractivity contribution >= 4 is 50.7 Å². The van der Waals surface area contributed by atoms with Crippen molar-refractivity contribution in [3.63, 3.8) is 0 Å². The summed E-state index contributed by atoms with van der Waals surface area (Å²) in [6.07, 6.45) is 1.56. The number of rotatable bonds is 13. The van der Waals surface area contributed by atoms with Crippen LogP contribution in [0.3, 0.4) is 0 Å². The van der Waals surface area contributed by atoms with Crippen LogP contribution in [0.1, 0.15) is 51.7 Å². The third kappa shape index (κ3) is 7.82. The molecular formula is C31H37Cl2N3O4S. The Morgan fingerprint density at radius 3 is 2.05 bits per heavy atom. The summed E-state index contributed by atoms with van der Waals surface area (Å²) in [6.45, 7) is 6.97. The van der Waals surface area contributed by atoms with Gasteiger partial charge in [0.05, 0.1) is 10.6 Å². The highest BCUT2D eigenvalue weighted by atomic mass is 35.5. The second kappa shape index (κ2) is 14.7. The lowest BCUT2D eigenvalue weighted by molar-refractivity contribution is -0.140. The molecule has 10 heteroatoms. The van der Waals surface area contributed by atoms with Gasteiger partial charge in [-0.25, -0.2) is 8.42 Å². The molecule has 0 aliphatic rings. The number of carbonyl (C=O) groups is 2. The van der Waals surface area contributed by atoms with Crippen LogP contribution in [0.4, 0.5) is 5.69 Å². The second-order valence-corrected chi connectivity index (χ2v) is 12.4. The summed E-state index contributed by atoms with van der Waals surface area (Å²) in [7, 11) is -4.15. The van der Waals surface area contributed by atoms with Crippen LogP contribution in [0.15, 0.2) is 77.7 Å². The highest BCUT2D eigenvalue weighted by molar-refractivity contribution is 7.92. The SMILES string of the molecule is CCc1ccccc1N(CC(=O)N(Cc1c(Cl)cccc1Cl)[C@@H](CC)C(=O)N[C@@H](C)CC)S(=O)(=O)c1ccccc1. The fourth-order valence-corrected chi connectivity index (χ4v) is 6.49. The minimum Gasteiger partial charge on any atom is -0.352 e. The summed E-state index contributed by atoms with van der Waals surface area (Å²) >= 11 is 13.0. The molecule has 0 aromatic heterocycles. The van der Waals surface area contributed by atoms with Gasteiger partial charge in [-0.1, -0.05) is 86.4 Å². The number of halogens is 2. The lowest BCUT2D eigenvalue weighted by Gasteiger charge is -2.34. The van der Waals surface area contributed by atoms with Crippen molar-refractivity contribution in [3.8, 4) is 0 Å². The number of benzene rings is 3. The molecule has 0 saturated heterocycles. The quantitative estimate of drug-likeness (QED) is 0.238. The Bertz CT molecular complexity index is 1430. The molecule has 41 heavy (non-hydrogen) atoms. The standard InChI is InChI=1S/C31H37Cl2N3O4S/c1-5-22(4)34-31(38)28(7-3)35(20-25-26(32)17-13-18-27(25)33)30(37)21-36(29-19-12-11-14-23(29)6-2)41(39,40)24-15-9-8-10-16-24/h8-19,22,28H,5-7,20-21H2,1-4H3,(H,34,38)/t22-,28-/m0/s1. The van der Waals surface area contributed by atoms with Crippen LogP contribution in [0.25, 0.3) is 0 Å². The zero-order valence-corrected chi connectivity index (χ0v) is 26.1. The maximum absolute atomic E-state index is 14.2. The summed E-state index contributed by atoms with van der Waals surface area (Å²) < 4.78 is 29.2. The first-order chi connectivity index (χ1) is 19.5. The van der Waals surface area contributed by atoms with Gasteiger partial charge in [0.2, 0.25) is 11.8 Å². The molecule has 0 heterocycles. The van der Waals surface area contributed by atoms with Crippen LogP contribution in [-0.2, 0) is 32.6 Å². The van der Waals surface area contributed by atoms with Gasteiger partial charge in [-0.3, -0.25) is 13.9 Å². The van der Waals surface area contributed by atoms with Crippen molar-refractivity contribution < 1.29 is 18.0 Å². The number of carbonyl (C=O) groups excluding carboxylic acids is 2. The van der Waals surface area contributed by atoms with Gasteiger partial charge in [0.25, 0.3) is 10.0 Å². The fraction of sp³-hybridized carbons (Fsp3) is 0.355. The molecule has 3 rings (SSSR count). The van der Waals surface area contributed by atoms with E-state index in [1.165, 1.54) is 17.0 Å². The Kier molecular flexibility index (Phi) is 11.6. The van der Waals surface area contributed by atoms with Crippen molar-refractivity contribution in [2.24, 2.45) is 0 Å². The van der Waals surface area contributed by atoms with Crippen LogP contribution >= 0.6 is 23.2 Å². The first-order valence-corrected chi connectivity index (χ1v) is 15.9. The van der Waals surface area contributed by atoms with E-state index >= 15 is 0 Å². The average molecular weight is 619 g/mol. The van der Waals surface area contributed by atoms with E-state index in [-0.39, 0.29) is 23.4 Å². The molecule has 3 aromatic rings. The number of amides is 2. The van der Waals surface area contributed by atoms with E-state index in [0.29, 0.717) is 40.6 Å². The third-order valence-electron chi connectivity index (χ3n) is 7.03. The molecule has 1 N–H and O–H groups in total. The second-order valence-electron chi connectivity index (χ2n) is 9.77. The summed E-state index contributed by atoms with van der Waals surface area (Å²) in [4.78, 5) is 29.1. The van der Waals surface area contributed by atoms with Gasteiger partial charge in [0.15, 0.2) is 0 Å². The van der Waals surface area contributed by atoms with Gasteiger partial charge >= 0.3 is 0 Å². The zero-order valence-electron chi connectivity index (χ0n) is 23.8. The molecule has 0 bridgehead atoms. The number of nitrogens with one attached hydrogen (secondary N) is 1. The molecule has 2 amide bonds. The Hall–Kier alpha value is -3.07. The predicted molar refractivity (Wildman–Crippen MR) is 166 cm³/mol. The highest BCUT2D eigenvalue weighted by Crippen LogP contribution is 2.30. The monoisotopic (exact) mass is 617 g/mol. The van der Waals surface area contributed by atoms with E-state index in [1.807, 2.05) is 32.9 Å². The lowest BCUT2D eigenvalue weighted by atomic mass is 10.1. The van der Waals surface area contributed by atoms with Gasteiger partial charge in [-0.2, -0.15) is 0 Å². The maximum atomic E-state index is 14.2. The summed E-state index contributed by atoms with van der Waals surface area (Å²) in [5.74, 6) is -0.887. The van der Waals surface area contributed by atoms with Crippen molar-refractivity contribution in [2.75, 3.05) is 10.8 Å². The lowest BCUT2D eigenvalue weighted by Crippen LogP contribution is -2.53. The molecular weight excluding hydrogens is 581 g/mol. The first-order valence-electron chi connectivity index (χ1n) is 13.7. The van der Waals surface area contributed by atoms with Crippen molar-refractivity contribution in [3.05, 3.63) is 94.0 Å². The molecule has 0 aliphatic heterocycles. The van der Waals surface area contributed by atoms with Crippen LogP contribution in [0.2, 0.25) is 10.0 Å². The van der Waals surface area contributed by atoms with Crippen LogP contribution in [0.5, 0.6) is 0 Å². The Labute approximate surface area is 253 Å². The molecule has 3 aromatic carbocycles. The third-order valence-corrected chi connectivity index (χ3v) is 9.51. The molecule has 0 radical (unpaired) electrons. The number of para-hydroxylation sites is 1. The number of anilines is 1. The molecule has 220 valence electrons. The van der Waals surface area contributed by atoms with E-state index < -0.39 is 28.5 Å². The topological polar surface area (TPSA) is 86.8 Å². The van der Waals surface area contributed by atoms with Crippen LogP contribution < -0.4 is 9.62 Å². The van der Waals surface area contributed by atoms with Crippen molar-refractivity contribution in [1.82, 2.24) is 10.2 Å². The minimum absolute atomic E-state index is 0.0564. The average Bonchev–Trinajstić information content (AvgIpc) is 2.97. The van der Waals surface area contributed by atoms with E-state index in [4.69, 9.17) is 23.2 Å². The first kappa shape index (κ1) is 32.4. The molecule has 0 saturated carbocycles. The number of sulfonamides is 1. The summed E-state index contributed by atoms with van der Waals surface area (Å²) in [5.41, 5.74) is 1.65. The van der Waals surface area contributed by atoms with E-state index in [1.54, 1.807) is 55.5 Å². The maximum Gasteiger partial charge on any atom is 0.264 e. The van der Waals surface area contributed by atoms with Gasteiger partial charge in [-0.05, 0) is 62.1 Å². The molecule has 7 nitrogen and oxygen atoms in total. The Balaban J connectivity index is 2.13.